The second kappa shape index (κ2) is 7.02. The van der Waals surface area contributed by atoms with Crippen LogP contribution in [0.15, 0.2) is 35.7 Å². The van der Waals surface area contributed by atoms with E-state index in [9.17, 15) is 14.4 Å². The number of carboxylic acid groups (broad SMARTS) is 1. The van der Waals surface area contributed by atoms with Gasteiger partial charge in [-0.25, -0.2) is 4.98 Å². The highest BCUT2D eigenvalue weighted by Crippen LogP contribution is 2.46. The fourth-order valence-electron chi connectivity index (χ4n) is 2.36. The Morgan fingerprint density at radius 3 is 2.48 bits per heavy atom. The number of carboxylic acids is 1. The molecule has 3 rings (SSSR count). The molecule has 3 N–H and O–H groups in total. The molecule has 25 heavy (non-hydrogen) atoms. The Balaban J connectivity index is 1.49. The van der Waals surface area contributed by atoms with Crippen LogP contribution in [0.25, 0.3) is 0 Å². The molecular weight excluding hydrogens is 342 g/mol. The van der Waals surface area contributed by atoms with E-state index >= 15 is 0 Å². The zero-order valence-electron chi connectivity index (χ0n) is 13.3. The molecule has 1 heterocycles. The number of nitrogens with one attached hydrogen (secondary N) is 2. The Bertz CT molecular complexity index is 799. The zero-order valence-corrected chi connectivity index (χ0v) is 14.1. The minimum atomic E-state index is -1.25. The van der Waals surface area contributed by atoms with E-state index < -0.39 is 17.3 Å². The van der Waals surface area contributed by atoms with Crippen LogP contribution in [-0.4, -0.2) is 27.9 Å². The molecule has 7 nitrogen and oxygen atoms in total. The molecule has 1 aliphatic carbocycles. The van der Waals surface area contributed by atoms with E-state index in [0.717, 1.165) is 0 Å². The average molecular weight is 359 g/mol. The summed E-state index contributed by atoms with van der Waals surface area (Å²) in [6.45, 7) is 0.475. The minimum Gasteiger partial charge on any atom is -0.480 e. The van der Waals surface area contributed by atoms with Crippen molar-refractivity contribution in [3.63, 3.8) is 0 Å². The number of thiazole rings is 1. The predicted octanol–water partition coefficient (Wildman–Crippen LogP) is 1.55. The monoisotopic (exact) mass is 359 g/mol. The summed E-state index contributed by atoms with van der Waals surface area (Å²) in [5, 5.41) is 17.0. The van der Waals surface area contributed by atoms with Gasteiger partial charge in [0.15, 0.2) is 0 Å². The van der Waals surface area contributed by atoms with Gasteiger partial charge in [0.05, 0.1) is 18.8 Å². The highest BCUT2D eigenvalue weighted by atomic mass is 32.1. The van der Waals surface area contributed by atoms with Gasteiger partial charge in [-0.3, -0.25) is 14.4 Å². The van der Waals surface area contributed by atoms with Crippen molar-refractivity contribution in [1.29, 1.82) is 0 Å². The van der Waals surface area contributed by atoms with Gasteiger partial charge in [-0.15, -0.1) is 11.3 Å². The first-order valence-corrected chi connectivity index (χ1v) is 8.67. The first-order chi connectivity index (χ1) is 12.0. The van der Waals surface area contributed by atoms with E-state index in [1.165, 1.54) is 11.3 Å². The van der Waals surface area contributed by atoms with Crippen LogP contribution < -0.4 is 10.6 Å². The first-order valence-electron chi connectivity index (χ1n) is 7.79. The van der Waals surface area contributed by atoms with Crippen LogP contribution in [0.4, 0.5) is 0 Å². The largest absolute Gasteiger partial charge is 0.480 e. The van der Waals surface area contributed by atoms with Crippen molar-refractivity contribution in [2.24, 2.45) is 5.41 Å². The maximum atomic E-state index is 12.0. The first kappa shape index (κ1) is 17.1. The molecule has 0 radical (unpaired) electrons. The van der Waals surface area contributed by atoms with Gasteiger partial charge in [-0.2, -0.15) is 0 Å². The maximum Gasteiger partial charge on any atom is 0.319 e. The standard InChI is InChI=1S/C17H17N3O4S/c21-14(11-4-2-1-3-5-11)18-9-13-20-12(10-25-13)8-19-15(22)17(6-7-17)16(23)24/h1-5,10H,6-9H2,(H,18,21)(H,19,22)(H,23,24). The van der Waals surface area contributed by atoms with Crippen LogP contribution in [0.2, 0.25) is 0 Å². The highest BCUT2D eigenvalue weighted by molar-refractivity contribution is 7.09. The number of hydrogen-bond donors (Lipinski definition) is 3. The van der Waals surface area contributed by atoms with E-state index in [2.05, 4.69) is 15.6 Å². The van der Waals surface area contributed by atoms with Crippen LogP contribution in [0.3, 0.4) is 0 Å². The van der Waals surface area contributed by atoms with Crippen LogP contribution in [0, 0.1) is 5.41 Å². The van der Waals surface area contributed by atoms with Crippen molar-refractivity contribution < 1.29 is 19.5 Å². The van der Waals surface area contributed by atoms with Crippen LogP contribution in [0.1, 0.15) is 33.9 Å². The summed E-state index contributed by atoms with van der Waals surface area (Å²) in [5.74, 6) is -1.72. The van der Waals surface area contributed by atoms with Crippen LogP contribution >= 0.6 is 11.3 Å². The average Bonchev–Trinajstić information content (AvgIpc) is 3.32. The van der Waals surface area contributed by atoms with Gasteiger partial charge in [0.1, 0.15) is 10.4 Å². The van der Waals surface area contributed by atoms with Gasteiger partial charge in [0.2, 0.25) is 5.91 Å². The van der Waals surface area contributed by atoms with Gasteiger partial charge in [-0.1, -0.05) is 18.2 Å². The van der Waals surface area contributed by atoms with E-state index in [1.54, 1.807) is 29.6 Å². The van der Waals surface area contributed by atoms with E-state index in [4.69, 9.17) is 5.11 Å². The topological polar surface area (TPSA) is 108 Å². The molecule has 0 spiro atoms. The Morgan fingerprint density at radius 2 is 1.84 bits per heavy atom. The summed E-state index contributed by atoms with van der Waals surface area (Å²) in [6, 6.07) is 8.89. The second-order valence-electron chi connectivity index (χ2n) is 5.85. The third-order valence-electron chi connectivity index (χ3n) is 4.06. The molecule has 1 saturated carbocycles. The number of aliphatic carboxylic acids is 1. The number of aromatic nitrogens is 1. The van der Waals surface area contributed by atoms with E-state index in [0.29, 0.717) is 35.7 Å². The summed E-state index contributed by atoms with van der Waals surface area (Å²) < 4.78 is 0. The number of nitrogens with zero attached hydrogens (tertiary/aromatic N) is 1. The Labute approximate surface area is 148 Å². The van der Waals surface area contributed by atoms with Crippen LogP contribution in [0.5, 0.6) is 0 Å². The van der Waals surface area contributed by atoms with Gasteiger partial charge in [0.25, 0.3) is 5.91 Å². The van der Waals surface area contributed by atoms with Crippen LogP contribution in [-0.2, 0) is 22.7 Å². The molecule has 1 aromatic carbocycles. The quantitative estimate of drug-likeness (QED) is 0.650. The lowest BCUT2D eigenvalue weighted by Crippen LogP contribution is -2.36. The Morgan fingerprint density at radius 1 is 1.12 bits per heavy atom. The lowest BCUT2D eigenvalue weighted by molar-refractivity contribution is -0.149. The van der Waals surface area contributed by atoms with Crippen molar-refractivity contribution in [1.82, 2.24) is 15.6 Å². The molecule has 0 aliphatic heterocycles. The van der Waals surface area contributed by atoms with Gasteiger partial charge < -0.3 is 15.7 Å². The third kappa shape index (κ3) is 3.85. The SMILES string of the molecule is O=C(NCc1nc(CNC(=O)C2(C(=O)O)CC2)cs1)c1ccccc1. The Kier molecular flexibility index (Phi) is 4.80. The smallest absolute Gasteiger partial charge is 0.319 e. The summed E-state index contributed by atoms with van der Waals surface area (Å²) in [7, 11) is 0. The van der Waals surface area contributed by atoms with Crippen molar-refractivity contribution in [3.8, 4) is 0 Å². The fraction of sp³-hybridized carbons (Fsp3) is 0.294. The summed E-state index contributed by atoms with van der Waals surface area (Å²) in [6.07, 6.45) is 0.754. The van der Waals surface area contributed by atoms with Crippen molar-refractivity contribution in [2.75, 3.05) is 0 Å². The molecule has 130 valence electrons. The predicted molar refractivity (Wildman–Crippen MR) is 90.9 cm³/mol. The molecule has 0 bridgehead atoms. The number of benzene rings is 1. The summed E-state index contributed by atoms with van der Waals surface area (Å²) in [5.41, 5.74) is -0.0267. The highest BCUT2D eigenvalue weighted by Gasteiger charge is 2.56. The second-order valence-corrected chi connectivity index (χ2v) is 6.79. The number of hydrogen-bond acceptors (Lipinski definition) is 5. The minimum absolute atomic E-state index is 0.178. The third-order valence-corrected chi connectivity index (χ3v) is 4.96. The lowest BCUT2D eigenvalue weighted by Gasteiger charge is -2.09. The lowest BCUT2D eigenvalue weighted by atomic mass is 10.1. The number of rotatable bonds is 7. The molecule has 1 aliphatic rings. The van der Waals surface area contributed by atoms with E-state index in [-0.39, 0.29) is 12.5 Å². The summed E-state index contributed by atoms with van der Waals surface area (Å²) in [4.78, 5) is 39.4. The molecule has 0 saturated heterocycles. The molecule has 2 aromatic rings. The van der Waals surface area contributed by atoms with Gasteiger partial charge in [-0.05, 0) is 25.0 Å². The molecule has 2 amide bonds. The molecule has 1 aromatic heterocycles. The molecule has 0 unspecified atom stereocenters. The normalized spacial score (nSPS) is 14.6. The maximum absolute atomic E-state index is 12.0. The Hall–Kier alpha value is -2.74. The number of amides is 2. The van der Waals surface area contributed by atoms with Crippen molar-refractivity contribution in [3.05, 3.63) is 52.0 Å². The van der Waals surface area contributed by atoms with E-state index in [1.807, 2.05) is 6.07 Å². The van der Waals surface area contributed by atoms with Gasteiger partial charge in [0, 0.05) is 10.9 Å². The molecule has 8 heteroatoms. The number of carbonyl (C=O) groups excluding carboxylic acids is 2. The zero-order chi connectivity index (χ0) is 17.9. The molecule has 0 atom stereocenters. The van der Waals surface area contributed by atoms with Crippen molar-refractivity contribution >= 4 is 29.1 Å². The molecular formula is C17H17N3O4S. The number of carbonyl (C=O) groups is 3. The summed E-state index contributed by atoms with van der Waals surface area (Å²) >= 11 is 1.37. The molecule has 1 fully saturated rings. The van der Waals surface area contributed by atoms with Gasteiger partial charge >= 0.3 is 5.97 Å². The fourth-order valence-corrected chi connectivity index (χ4v) is 3.10. The van der Waals surface area contributed by atoms with Crippen molar-refractivity contribution in [2.45, 2.75) is 25.9 Å².